The normalized spacial score (nSPS) is 10.8. The van der Waals surface area contributed by atoms with Crippen molar-refractivity contribution in [2.45, 2.75) is 40.5 Å². The zero-order valence-electron chi connectivity index (χ0n) is 12.1. The minimum atomic E-state index is -0.477. The van der Waals surface area contributed by atoms with Crippen LogP contribution >= 0.6 is 0 Å². The second kappa shape index (κ2) is 7.07. The summed E-state index contributed by atoms with van der Waals surface area (Å²) in [5.41, 5.74) is 2.09. The van der Waals surface area contributed by atoms with Crippen molar-refractivity contribution in [3.8, 4) is 0 Å². The lowest BCUT2D eigenvalue weighted by atomic mass is 9.96. The monoisotopic (exact) mass is 262 g/mol. The average molecular weight is 262 g/mol. The molecule has 3 nitrogen and oxygen atoms in total. The van der Waals surface area contributed by atoms with E-state index in [1.165, 1.54) is 0 Å². The van der Waals surface area contributed by atoms with E-state index in [4.69, 9.17) is 4.74 Å². The Morgan fingerprint density at radius 1 is 1.05 bits per heavy atom. The zero-order chi connectivity index (χ0) is 14.4. The quantitative estimate of drug-likeness (QED) is 0.604. The van der Waals surface area contributed by atoms with E-state index in [0.29, 0.717) is 5.92 Å². The first-order valence-electron chi connectivity index (χ1n) is 6.71. The van der Waals surface area contributed by atoms with E-state index in [2.05, 4.69) is 13.8 Å². The predicted octanol–water partition coefficient (Wildman–Crippen LogP) is 3.15. The Morgan fingerprint density at radius 3 is 2.16 bits per heavy atom. The topological polar surface area (TPSA) is 43.4 Å². The van der Waals surface area contributed by atoms with Crippen molar-refractivity contribution in [3.05, 3.63) is 35.4 Å². The van der Waals surface area contributed by atoms with Gasteiger partial charge in [-0.25, -0.2) is 0 Å². The van der Waals surface area contributed by atoms with Crippen molar-refractivity contribution in [2.75, 3.05) is 0 Å². The maximum atomic E-state index is 11.7. The number of hydrogen-bond acceptors (Lipinski definition) is 3. The van der Waals surface area contributed by atoms with Gasteiger partial charge in [0.05, 0.1) is 12.3 Å². The lowest BCUT2D eigenvalue weighted by Gasteiger charge is -2.11. The summed E-state index contributed by atoms with van der Waals surface area (Å²) in [6.07, 6.45) is 1.07. The third-order valence-corrected chi connectivity index (χ3v) is 2.77. The molecule has 0 aromatic heterocycles. The van der Waals surface area contributed by atoms with Crippen molar-refractivity contribution >= 4 is 11.9 Å². The molecule has 0 amide bonds. The standard InChI is InChI=1S/C16H22O3/c1-11(2)9-13-7-5-6-8-14(13)10-15(17)19-16(18)12(3)4/h5-8,11-12H,9-10H2,1-4H3. The molecule has 19 heavy (non-hydrogen) atoms. The highest BCUT2D eigenvalue weighted by atomic mass is 16.6. The number of benzene rings is 1. The highest BCUT2D eigenvalue weighted by Crippen LogP contribution is 2.15. The van der Waals surface area contributed by atoms with Crippen LogP contribution < -0.4 is 0 Å². The van der Waals surface area contributed by atoms with Crippen LogP contribution in [0.5, 0.6) is 0 Å². The van der Waals surface area contributed by atoms with Gasteiger partial charge in [-0.2, -0.15) is 0 Å². The summed E-state index contributed by atoms with van der Waals surface area (Å²) in [5, 5.41) is 0. The summed E-state index contributed by atoms with van der Waals surface area (Å²) in [6, 6.07) is 7.80. The van der Waals surface area contributed by atoms with E-state index in [1.807, 2.05) is 24.3 Å². The van der Waals surface area contributed by atoms with Gasteiger partial charge in [0.2, 0.25) is 0 Å². The van der Waals surface area contributed by atoms with Crippen LogP contribution in [0.25, 0.3) is 0 Å². The molecule has 0 fully saturated rings. The Morgan fingerprint density at radius 2 is 1.63 bits per heavy atom. The minimum Gasteiger partial charge on any atom is -0.393 e. The van der Waals surface area contributed by atoms with Gasteiger partial charge < -0.3 is 4.74 Å². The third kappa shape index (κ3) is 5.25. The Balaban J connectivity index is 2.71. The molecular weight excluding hydrogens is 240 g/mol. The summed E-state index contributed by atoms with van der Waals surface area (Å²) in [6.45, 7) is 7.69. The molecule has 104 valence electrons. The number of ether oxygens (including phenoxy) is 1. The highest BCUT2D eigenvalue weighted by Gasteiger charge is 2.16. The van der Waals surface area contributed by atoms with Crippen molar-refractivity contribution in [1.29, 1.82) is 0 Å². The van der Waals surface area contributed by atoms with Gasteiger partial charge >= 0.3 is 11.9 Å². The molecule has 0 spiro atoms. The fourth-order valence-electron chi connectivity index (χ4n) is 1.79. The summed E-state index contributed by atoms with van der Waals surface area (Å²) < 4.78 is 4.80. The summed E-state index contributed by atoms with van der Waals surface area (Å²) in [7, 11) is 0. The Kier molecular flexibility index (Phi) is 5.74. The SMILES string of the molecule is CC(C)Cc1ccccc1CC(=O)OC(=O)C(C)C. The molecule has 0 aliphatic heterocycles. The van der Waals surface area contributed by atoms with Gasteiger partial charge in [0, 0.05) is 0 Å². The molecule has 0 heterocycles. The van der Waals surface area contributed by atoms with Crippen LogP contribution in [-0.2, 0) is 27.2 Å². The smallest absolute Gasteiger partial charge is 0.317 e. The first-order valence-corrected chi connectivity index (χ1v) is 6.71. The lowest BCUT2D eigenvalue weighted by molar-refractivity contribution is -0.161. The fourth-order valence-corrected chi connectivity index (χ4v) is 1.79. The molecule has 1 aromatic carbocycles. The van der Waals surface area contributed by atoms with E-state index in [1.54, 1.807) is 13.8 Å². The molecule has 0 bridgehead atoms. The maximum Gasteiger partial charge on any atom is 0.317 e. The molecule has 0 aliphatic rings. The van der Waals surface area contributed by atoms with Gasteiger partial charge in [-0.05, 0) is 23.5 Å². The van der Waals surface area contributed by atoms with Crippen molar-refractivity contribution in [3.63, 3.8) is 0 Å². The second-order valence-corrected chi connectivity index (χ2v) is 5.49. The number of rotatable bonds is 5. The first-order chi connectivity index (χ1) is 8.90. The summed E-state index contributed by atoms with van der Waals surface area (Å²) in [5.74, 6) is -0.703. The minimum absolute atomic E-state index is 0.154. The average Bonchev–Trinajstić information content (AvgIpc) is 2.30. The fraction of sp³-hybridized carbons (Fsp3) is 0.500. The van der Waals surface area contributed by atoms with E-state index < -0.39 is 11.9 Å². The van der Waals surface area contributed by atoms with E-state index in [0.717, 1.165) is 17.5 Å². The molecule has 1 aromatic rings. The van der Waals surface area contributed by atoms with Gasteiger partial charge in [0.15, 0.2) is 0 Å². The van der Waals surface area contributed by atoms with Crippen LogP contribution in [0.1, 0.15) is 38.8 Å². The van der Waals surface area contributed by atoms with Crippen LogP contribution in [0, 0.1) is 11.8 Å². The van der Waals surface area contributed by atoms with Crippen LogP contribution in [0.15, 0.2) is 24.3 Å². The molecule has 0 N–H and O–H groups in total. The van der Waals surface area contributed by atoms with Gasteiger partial charge in [-0.1, -0.05) is 52.0 Å². The number of carbonyl (C=O) groups is 2. The molecule has 3 heteroatoms. The van der Waals surface area contributed by atoms with Crippen LogP contribution in [0.3, 0.4) is 0 Å². The van der Waals surface area contributed by atoms with E-state index in [9.17, 15) is 9.59 Å². The summed E-state index contributed by atoms with van der Waals surface area (Å²) in [4.78, 5) is 23.1. The van der Waals surface area contributed by atoms with Gasteiger partial charge in [-0.3, -0.25) is 9.59 Å². The van der Waals surface area contributed by atoms with E-state index in [-0.39, 0.29) is 12.3 Å². The van der Waals surface area contributed by atoms with Gasteiger partial charge in [-0.15, -0.1) is 0 Å². The van der Waals surface area contributed by atoms with Crippen LogP contribution in [0.4, 0.5) is 0 Å². The van der Waals surface area contributed by atoms with E-state index >= 15 is 0 Å². The molecular formula is C16H22O3. The molecule has 0 unspecified atom stereocenters. The Hall–Kier alpha value is -1.64. The Bertz CT molecular complexity index is 447. The van der Waals surface area contributed by atoms with Crippen molar-refractivity contribution in [2.24, 2.45) is 11.8 Å². The van der Waals surface area contributed by atoms with Crippen LogP contribution in [-0.4, -0.2) is 11.9 Å². The largest absolute Gasteiger partial charge is 0.393 e. The number of carbonyl (C=O) groups excluding carboxylic acids is 2. The highest BCUT2D eigenvalue weighted by molar-refractivity contribution is 5.87. The molecule has 1 rings (SSSR count). The molecule has 0 radical (unpaired) electrons. The van der Waals surface area contributed by atoms with Crippen molar-refractivity contribution in [1.82, 2.24) is 0 Å². The lowest BCUT2D eigenvalue weighted by Crippen LogP contribution is -2.19. The molecule has 0 atom stereocenters. The third-order valence-electron chi connectivity index (χ3n) is 2.77. The van der Waals surface area contributed by atoms with Gasteiger partial charge in [0.25, 0.3) is 0 Å². The number of hydrogen-bond donors (Lipinski definition) is 0. The number of esters is 2. The zero-order valence-corrected chi connectivity index (χ0v) is 12.1. The van der Waals surface area contributed by atoms with Crippen LogP contribution in [0.2, 0.25) is 0 Å². The van der Waals surface area contributed by atoms with Crippen molar-refractivity contribution < 1.29 is 14.3 Å². The maximum absolute atomic E-state index is 11.7. The predicted molar refractivity (Wildman–Crippen MR) is 74.6 cm³/mol. The summed E-state index contributed by atoms with van der Waals surface area (Å²) >= 11 is 0. The Labute approximate surface area is 115 Å². The van der Waals surface area contributed by atoms with Gasteiger partial charge in [0.1, 0.15) is 0 Å². The molecule has 0 saturated heterocycles. The molecule has 0 aliphatic carbocycles. The molecule has 0 saturated carbocycles. The second-order valence-electron chi connectivity index (χ2n) is 5.49. The first kappa shape index (κ1) is 15.4.